The van der Waals surface area contributed by atoms with E-state index in [0.717, 1.165) is 0 Å². The van der Waals surface area contributed by atoms with Crippen LogP contribution in [0.3, 0.4) is 0 Å². The maximum Gasteiger partial charge on any atom is 0.307 e. The Bertz CT molecular complexity index is 685. The van der Waals surface area contributed by atoms with Crippen LogP contribution in [0, 0.1) is 0 Å². The lowest BCUT2D eigenvalue weighted by Crippen LogP contribution is -2.16. The number of carbonyl (C=O) groups is 1. The van der Waals surface area contributed by atoms with Crippen LogP contribution in [0.2, 0.25) is 10.0 Å². The minimum absolute atomic E-state index is 0.0974. The summed E-state index contributed by atoms with van der Waals surface area (Å²) in [6, 6.07) is 5.93. The molecule has 0 fully saturated rings. The number of hydrogen-bond donors (Lipinski definition) is 2. The van der Waals surface area contributed by atoms with Gasteiger partial charge in [0, 0.05) is 10.6 Å². The fourth-order valence-corrected chi connectivity index (χ4v) is 2.15. The van der Waals surface area contributed by atoms with Crippen LogP contribution in [0.1, 0.15) is 16.1 Å². The molecule has 0 aliphatic carbocycles. The van der Waals surface area contributed by atoms with E-state index in [-0.39, 0.29) is 22.1 Å². The Morgan fingerprint density at radius 2 is 2.15 bits per heavy atom. The van der Waals surface area contributed by atoms with Crippen molar-refractivity contribution in [3.05, 3.63) is 50.3 Å². The Morgan fingerprint density at radius 3 is 2.80 bits per heavy atom. The molecule has 1 aromatic carbocycles. The summed E-state index contributed by atoms with van der Waals surface area (Å²) < 4.78 is 5.49. The van der Waals surface area contributed by atoms with Gasteiger partial charge in [-0.15, -0.1) is 0 Å². The molecule has 8 heteroatoms. The van der Waals surface area contributed by atoms with Gasteiger partial charge in [0.25, 0.3) is 0 Å². The quantitative estimate of drug-likeness (QED) is 0.630. The zero-order valence-corrected chi connectivity index (χ0v) is 12.8. The van der Waals surface area contributed by atoms with Gasteiger partial charge in [-0.05, 0) is 40.2 Å². The number of rotatable bonds is 3. The zero-order chi connectivity index (χ0) is 14.7. The van der Waals surface area contributed by atoms with Gasteiger partial charge >= 0.3 is 5.91 Å². The highest BCUT2D eigenvalue weighted by Gasteiger charge is 2.09. The Morgan fingerprint density at radius 1 is 1.40 bits per heavy atom. The summed E-state index contributed by atoms with van der Waals surface area (Å²) in [5.74, 6) is -0.600. The van der Waals surface area contributed by atoms with Crippen molar-refractivity contribution in [2.24, 2.45) is 5.10 Å². The highest BCUT2D eigenvalue weighted by atomic mass is 79.9. The number of phenols is 1. The number of hydrogen-bond acceptors (Lipinski definition) is 4. The summed E-state index contributed by atoms with van der Waals surface area (Å²) in [7, 11) is 0. The first-order valence-electron chi connectivity index (χ1n) is 5.24. The van der Waals surface area contributed by atoms with Gasteiger partial charge in [-0.2, -0.15) is 5.10 Å². The second-order valence-electron chi connectivity index (χ2n) is 3.63. The maximum atomic E-state index is 11.6. The van der Waals surface area contributed by atoms with Crippen LogP contribution >= 0.6 is 39.1 Å². The van der Waals surface area contributed by atoms with Gasteiger partial charge in [-0.3, -0.25) is 4.79 Å². The number of phenolic OH excluding ortho intramolecular Hbond substituents is 1. The van der Waals surface area contributed by atoms with Crippen molar-refractivity contribution in [1.29, 1.82) is 0 Å². The molecular formula is C12H7BrCl2N2O3. The SMILES string of the molecule is O=C(N/N=C/c1cc(Cl)cc(Cl)c1O)c1ccc(Br)o1. The third-order valence-electron chi connectivity index (χ3n) is 2.22. The number of carbonyl (C=O) groups excluding carboxylic acids is 1. The second-order valence-corrected chi connectivity index (χ2v) is 5.25. The molecule has 0 saturated carbocycles. The lowest BCUT2D eigenvalue weighted by molar-refractivity contribution is 0.0926. The van der Waals surface area contributed by atoms with Gasteiger partial charge in [0.05, 0.1) is 11.2 Å². The second kappa shape index (κ2) is 6.30. The number of nitrogens with one attached hydrogen (secondary N) is 1. The standard InChI is InChI=1S/C12H7BrCl2N2O3/c13-10-2-1-9(20-10)12(19)17-16-5-6-3-7(14)4-8(15)11(6)18/h1-5,18H,(H,17,19)/b16-5+. The van der Waals surface area contributed by atoms with E-state index < -0.39 is 5.91 Å². The van der Waals surface area contributed by atoms with Gasteiger partial charge in [-0.1, -0.05) is 23.2 Å². The molecule has 0 bridgehead atoms. The molecule has 2 aromatic rings. The van der Waals surface area contributed by atoms with E-state index >= 15 is 0 Å². The highest BCUT2D eigenvalue weighted by Crippen LogP contribution is 2.29. The van der Waals surface area contributed by atoms with E-state index in [9.17, 15) is 9.90 Å². The molecule has 0 saturated heterocycles. The molecular weight excluding hydrogens is 371 g/mol. The Kier molecular flexibility index (Phi) is 4.69. The first-order chi connectivity index (χ1) is 9.47. The van der Waals surface area contributed by atoms with Gasteiger partial charge in [-0.25, -0.2) is 5.43 Å². The molecule has 0 spiro atoms. The summed E-state index contributed by atoms with van der Waals surface area (Å²) in [6.07, 6.45) is 1.23. The molecule has 1 aromatic heterocycles. The van der Waals surface area contributed by atoms with Gasteiger partial charge in [0.15, 0.2) is 10.4 Å². The predicted octanol–water partition coefficient (Wildman–Crippen LogP) is 3.82. The minimum atomic E-state index is -0.528. The summed E-state index contributed by atoms with van der Waals surface area (Å²) in [5, 5.41) is 13.8. The lowest BCUT2D eigenvalue weighted by atomic mass is 10.2. The Hall–Kier alpha value is -1.50. The van der Waals surface area contributed by atoms with Crippen LogP contribution in [-0.2, 0) is 0 Å². The van der Waals surface area contributed by atoms with E-state index in [0.29, 0.717) is 9.69 Å². The monoisotopic (exact) mass is 376 g/mol. The van der Waals surface area contributed by atoms with Gasteiger partial charge in [0.1, 0.15) is 5.75 Å². The molecule has 1 heterocycles. The fraction of sp³-hybridized carbons (Fsp3) is 0. The van der Waals surface area contributed by atoms with Crippen molar-refractivity contribution in [1.82, 2.24) is 5.43 Å². The van der Waals surface area contributed by atoms with Crippen LogP contribution in [0.25, 0.3) is 0 Å². The summed E-state index contributed by atoms with van der Waals surface area (Å²) in [4.78, 5) is 11.6. The van der Waals surface area contributed by atoms with Gasteiger partial charge in [0.2, 0.25) is 0 Å². The number of benzene rings is 1. The van der Waals surface area contributed by atoms with Crippen LogP contribution < -0.4 is 5.43 Å². The molecule has 0 aliphatic rings. The molecule has 1 amide bonds. The number of halogens is 3. The Balaban J connectivity index is 2.09. The van der Waals surface area contributed by atoms with E-state index in [2.05, 4.69) is 26.5 Å². The van der Waals surface area contributed by atoms with E-state index in [1.165, 1.54) is 24.4 Å². The number of nitrogens with zero attached hydrogens (tertiary/aromatic N) is 1. The van der Waals surface area contributed by atoms with Crippen molar-refractivity contribution in [2.75, 3.05) is 0 Å². The topological polar surface area (TPSA) is 74.8 Å². The smallest absolute Gasteiger partial charge is 0.307 e. The molecule has 2 N–H and O–H groups in total. The van der Waals surface area contributed by atoms with Crippen molar-refractivity contribution in [3.8, 4) is 5.75 Å². The third-order valence-corrected chi connectivity index (χ3v) is 3.16. The van der Waals surface area contributed by atoms with E-state index in [4.69, 9.17) is 27.6 Å². The van der Waals surface area contributed by atoms with Crippen molar-refractivity contribution >= 4 is 51.3 Å². The summed E-state index contributed by atoms with van der Waals surface area (Å²) in [5.41, 5.74) is 2.53. The van der Waals surface area contributed by atoms with Crippen molar-refractivity contribution in [3.63, 3.8) is 0 Å². The molecule has 104 valence electrons. The third kappa shape index (κ3) is 3.53. The molecule has 20 heavy (non-hydrogen) atoms. The average Bonchev–Trinajstić information content (AvgIpc) is 2.81. The van der Waals surface area contributed by atoms with Crippen LogP contribution in [-0.4, -0.2) is 17.2 Å². The first-order valence-corrected chi connectivity index (χ1v) is 6.79. The number of hydrazone groups is 1. The maximum absolute atomic E-state index is 11.6. The predicted molar refractivity (Wildman–Crippen MR) is 79.6 cm³/mol. The van der Waals surface area contributed by atoms with Crippen molar-refractivity contribution < 1.29 is 14.3 Å². The van der Waals surface area contributed by atoms with E-state index in [1.807, 2.05) is 0 Å². The lowest BCUT2D eigenvalue weighted by Gasteiger charge is -2.02. The minimum Gasteiger partial charge on any atom is -0.506 e. The Labute approximate surface area is 132 Å². The highest BCUT2D eigenvalue weighted by molar-refractivity contribution is 9.10. The zero-order valence-electron chi connectivity index (χ0n) is 9.73. The number of furan rings is 1. The van der Waals surface area contributed by atoms with E-state index in [1.54, 1.807) is 6.07 Å². The molecule has 2 rings (SSSR count). The summed E-state index contributed by atoms with van der Waals surface area (Å²) in [6.45, 7) is 0. The average molecular weight is 378 g/mol. The summed E-state index contributed by atoms with van der Waals surface area (Å²) >= 11 is 14.6. The largest absolute Gasteiger partial charge is 0.506 e. The molecule has 5 nitrogen and oxygen atoms in total. The fourth-order valence-electron chi connectivity index (χ4n) is 1.34. The normalized spacial score (nSPS) is 10.9. The van der Waals surface area contributed by atoms with Crippen LogP contribution in [0.4, 0.5) is 0 Å². The number of aromatic hydroxyl groups is 1. The molecule has 0 aliphatic heterocycles. The van der Waals surface area contributed by atoms with Crippen LogP contribution in [0.15, 0.2) is 38.5 Å². The number of amides is 1. The molecule has 0 atom stereocenters. The molecule has 0 unspecified atom stereocenters. The van der Waals surface area contributed by atoms with Gasteiger partial charge < -0.3 is 9.52 Å². The molecule has 0 radical (unpaired) electrons. The van der Waals surface area contributed by atoms with Crippen LogP contribution in [0.5, 0.6) is 5.75 Å². The first kappa shape index (κ1) is 14.9. The van der Waals surface area contributed by atoms with Crippen molar-refractivity contribution in [2.45, 2.75) is 0 Å².